The summed E-state index contributed by atoms with van der Waals surface area (Å²) >= 11 is 16.6. The Morgan fingerprint density at radius 3 is 2.69 bits per heavy atom. The number of nitrogens with zero attached hydrogens (tertiary/aromatic N) is 1. The molecule has 5 heteroatoms. The number of nitrogens with one attached hydrogen (secondary N) is 1. The monoisotopic (exact) mass is 236 g/mol. The molecule has 0 unspecified atom stereocenters. The van der Waals surface area contributed by atoms with Crippen molar-refractivity contribution in [1.29, 1.82) is 0 Å². The molecular formula is C8H10Cl2N2S. The molecule has 0 radical (unpaired) electrons. The van der Waals surface area contributed by atoms with Gasteiger partial charge in [0.2, 0.25) is 0 Å². The van der Waals surface area contributed by atoms with Crippen molar-refractivity contribution in [1.82, 2.24) is 9.97 Å². The van der Waals surface area contributed by atoms with Crippen LogP contribution in [-0.4, -0.2) is 9.97 Å². The van der Waals surface area contributed by atoms with Crippen molar-refractivity contribution < 1.29 is 0 Å². The zero-order chi connectivity index (χ0) is 9.84. The van der Waals surface area contributed by atoms with Gasteiger partial charge in [-0.1, -0.05) is 36.5 Å². The molecule has 0 aliphatic rings. The number of unbranched alkanes of at least 4 members (excludes halogenated alkanes) is 1. The predicted molar refractivity (Wildman–Crippen MR) is 58.1 cm³/mol. The normalized spacial score (nSPS) is 10.4. The Morgan fingerprint density at radius 2 is 2.15 bits per heavy atom. The molecule has 1 aromatic heterocycles. The molecule has 1 heterocycles. The molecule has 0 bridgehead atoms. The minimum absolute atomic E-state index is 0.329. The Hall–Kier alpha value is -0.120. The fraction of sp³-hybridized carbons (Fsp3) is 0.500. The topological polar surface area (TPSA) is 28.7 Å². The predicted octanol–water partition coefficient (Wildman–Crippen LogP) is 3.79. The summed E-state index contributed by atoms with van der Waals surface area (Å²) in [7, 11) is 0. The zero-order valence-electron chi connectivity index (χ0n) is 7.23. The van der Waals surface area contributed by atoms with Crippen molar-refractivity contribution in [2.45, 2.75) is 26.2 Å². The summed E-state index contributed by atoms with van der Waals surface area (Å²) in [5.74, 6) is 0. The summed E-state index contributed by atoms with van der Waals surface area (Å²) in [4.78, 5) is 6.70. The minimum Gasteiger partial charge on any atom is -0.321 e. The molecule has 13 heavy (non-hydrogen) atoms. The largest absolute Gasteiger partial charge is 0.321 e. The van der Waals surface area contributed by atoms with Crippen LogP contribution in [0.15, 0.2) is 0 Å². The van der Waals surface area contributed by atoms with Crippen molar-refractivity contribution in [3.05, 3.63) is 20.6 Å². The summed E-state index contributed by atoms with van der Waals surface area (Å²) < 4.78 is 0.329. The third kappa shape index (κ3) is 2.93. The van der Waals surface area contributed by atoms with Crippen molar-refractivity contribution >= 4 is 35.4 Å². The number of halogens is 2. The third-order valence-corrected chi connectivity index (χ3v) is 2.54. The van der Waals surface area contributed by atoms with Crippen LogP contribution in [0.4, 0.5) is 0 Å². The highest BCUT2D eigenvalue weighted by Gasteiger charge is 2.06. The van der Waals surface area contributed by atoms with Crippen LogP contribution >= 0.6 is 35.4 Å². The fourth-order valence-corrected chi connectivity index (χ4v) is 1.91. The first-order chi connectivity index (χ1) is 6.15. The number of aromatic amines is 1. The molecule has 0 amide bonds. The van der Waals surface area contributed by atoms with E-state index in [4.69, 9.17) is 35.4 Å². The van der Waals surface area contributed by atoms with Gasteiger partial charge in [-0.2, -0.15) is 0 Å². The van der Waals surface area contributed by atoms with Crippen molar-refractivity contribution in [3.8, 4) is 0 Å². The molecule has 1 aromatic rings. The maximum absolute atomic E-state index is 5.92. The highest BCUT2D eigenvalue weighted by Crippen LogP contribution is 2.21. The standard InChI is InChI=1S/C8H10Cl2N2S/c1-2-3-4-5-6(9)11-8(13)12-7(5)10/h2-4H2,1H3,(H,11,12,13). The molecule has 1 rings (SSSR count). The van der Waals surface area contributed by atoms with Gasteiger partial charge < -0.3 is 4.98 Å². The van der Waals surface area contributed by atoms with Crippen molar-refractivity contribution in [2.75, 3.05) is 0 Å². The second kappa shape index (κ2) is 4.94. The third-order valence-electron chi connectivity index (χ3n) is 1.71. The summed E-state index contributed by atoms with van der Waals surface area (Å²) in [5.41, 5.74) is 0.860. The van der Waals surface area contributed by atoms with E-state index in [0.717, 1.165) is 24.8 Å². The van der Waals surface area contributed by atoms with E-state index in [1.807, 2.05) is 0 Å². The average molecular weight is 237 g/mol. The first-order valence-corrected chi connectivity index (χ1v) is 5.25. The first kappa shape index (κ1) is 11.0. The van der Waals surface area contributed by atoms with Gasteiger partial charge >= 0.3 is 0 Å². The quantitative estimate of drug-likeness (QED) is 0.640. The molecule has 0 fully saturated rings. The van der Waals surface area contributed by atoms with E-state index in [9.17, 15) is 0 Å². The van der Waals surface area contributed by atoms with Crippen molar-refractivity contribution in [2.24, 2.45) is 0 Å². The van der Waals surface area contributed by atoms with Crippen LogP contribution in [0.1, 0.15) is 25.3 Å². The molecule has 0 aliphatic heterocycles. The van der Waals surface area contributed by atoms with Gasteiger partial charge in [0.05, 0.1) is 0 Å². The first-order valence-electron chi connectivity index (χ1n) is 4.09. The lowest BCUT2D eigenvalue weighted by molar-refractivity contribution is 0.787. The summed E-state index contributed by atoms with van der Waals surface area (Å²) in [6.45, 7) is 2.11. The van der Waals surface area contributed by atoms with Crippen LogP contribution in [0.3, 0.4) is 0 Å². The van der Waals surface area contributed by atoms with E-state index in [1.54, 1.807) is 0 Å². The summed E-state index contributed by atoms with van der Waals surface area (Å²) in [5, 5.41) is 0.931. The number of aromatic nitrogens is 2. The second-order valence-corrected chi connectivity index (χ2v) is 3.85. The molecule has 72 valence electrons. The van der Waals surface area contributed by atoms with E-state index < -0.39 is 0 Å². The second-order valence-electron chi connectivity index (χ2n) is 2.73. The Balaban J connectivity index is 2.99. The van der Waals surface area contributed by atoms with E-state index in [2.05, 4.69) is 16.9 Å². The van der Waals surface area contributed by atoms with Crippen LogP contribution in [0.25, 0.3) is 0 Å². The van der Waals surface area contributed by atoms with Gasteiger partial charge in [-0.15, -0.1) is 0 Å². The molecule has 0 spiro atoms. The molecule has 0 atom stereocenters. The maximum Gasteiger partial charge on any atom is 0.199 e. The Labute approximate surface area is 92.3 Å². The number of rotatable bonds is 3. The van der Waals surface area contributed by atoms with Gasteiger partial charge in [0, 0.05) is 5.56 Å². The van der Waals surface area contributed by atoms with Crippen LogP contribution < -0.4 is 0 Å². The lowest BCUT2D eigenvalue weighted by atomic mass is 10.1. The fourth-order valence-electron chi connectivity index (χ4n) is 1.01. The van der Waals surface area contributed by atoms with E-state index in [1.165, 1.54) is 0 Å². The van der Waals surface area contributed by atoms with Crippen LogP contribution in [-0.2, 0) is 6.42 Å². The molecule has 0 aliphatic carbocycles. The summed E-state index contributed by atoms with van der Waals surface area (Å²) in [6, 6.07) is 0. The van der Waals surface area contributed by atoms with E-state index in [0.29, 0.717) is 15.1 Å². The van der Waals surface area contributed by atoms with Crippen molar-refractivity contribution in [3.63, 3.8) is 0 Å². The van der Waals surface area contributed by atoms with Gasteiger partial charge in [-0.3, -0.25) is 0 Å². The lowest BCUT2D eigenvalue weighted by Gasteiger charge is -2.04. The molecule has 0 saturated heterocycles. The molecular weight excluding hydrogens is 227 g/mol. The number of hydrogen-bond donors (Lipinski definition) is 1. The Morgan fingerprint density at radius 1 is 1.46 bits per heavy atom. The SMILES string of the molecule is CCCCc1c(Cl)nc(=S)[nH]c1Cl. The molecule has 0 aromatic carbocycles. The van der Waals surface area contributed by atoms with Gasteiger partial charge in [-0.25, -0.2) is 4.98 Å². The molecule has 0 saturated carbocycles. The maximum atomic E-state index is 5.92. The number of H-pyrrole nitrogens is 1. The molecule has 1 N–H and O–H groups in total. The lowest BCUT2D eigenvalue weighted by Crippen LogP contribution is -1.94. The minimum atomic E-state index is 0.329. The van der Waals surface area contributed by atoms with Gasteiger partial charge in [-0.05, 0) is 25.1 Å². The zero-order valence-corrected chi connectivity index (χ0v) is 9.56. The smallest absolute Gasteiger partial charge is 0.199 e. The average Bonchev–Trinajstić information content (AvgIpc) is 2.02. The molecule has 2 nitrogen and oxygen atoms in total. The Bertz CT molecular complexity index is 322. The number of hydrogen-bond acceptors (Lipinski definition) is 2. The summed E-state index contributed by atoms with van der Waals surface area (Å²) in [6.07, 6.45) is 2.99. The van der Waals surface area contributed by atoms with Crippen LogP contribution in [0.2, 0.25) is 10.3 Å². The van der Waals surface area contributed by atoms with Gasteiger partial charge in [0.1, 0.15) is 10.3 Å². The highest BCUT2D eigenvalue weighted by atomic mass is 35.5. The highest BCUT2D eigenvalue weighted by molar-refractivity contribution is 7.71. The van der Waals surface area contributed by atoms with Crippen LogP contribution in [0, 0.1) is 4.77 Å². The van der Waals surface area contributed by atoms with E-state index in [-0.39, 0.29) is 0 Å². The van der Waals surface area contributed by atoms with Gasteiger partial charge in [0.15, 0.2) is 4.77 Å². The Kier molecular flexibility index (Phi) is 4.16. The van der Waals surface area contributed by atoms with Crippen LogP contribution in [0.5, 0.6) is 0 Å². The van der Waals surface area contributed by atoms with Gasteiger partial charge in [0.25, 0.3) is 0 Å². The van der Waals surface area contributed by atoms with E-state index >= 15 is 0 Å².